The monoisotopic (exact) mass is 334 g/mol. The van der Waals surface area contributed by atoms with E-state index in [-0.39, 0.29) is 11.9 Å². The first-order chi connectivity index (χ1) is 12.1. The SMILES string of the molecule is O=C1O[C@]2(CCN(C(=O)C3(c4ccncc4)CC3)C2)c2ccccc21. The molecular formula is C20H18N2O3. The van der Waals surface area contributed by atoms with E-state index in [1.54, 1.807) is 18.5 Å². The maximum absolute atomic E-state index is 13.2. The van der Waals surface area contributed by atoms with Crippen molar-refractivity contribution in [2.24, 2.45) is 0 Å². The largest absolute Gasteiger partial charge is 0.449 e. The van der Waals surface area contributed by atoms with Gasteiger partial charge in [-0.15, -0.1) is 0 Å². The highest BCUT2D eigenvalue weighted by atomic mass is 16.6. The summed E-state index contributed by atoms with van der Waals surface area (Å²) in [5, 5.41) is 0. The first kappa shape index (κ1) is 14.6. The second-order valence-electron chi connectivity index (χ2n) is 7.22. The Balaban J connectivity index is 1.44. The zero-order valence-corrected chi connectivity index (χ0v) is 13.8. The van der Waals surface area contributed by atoms with E-state index in [0.717, 1.165) is 24.0 Å². The Bertz CT molecular complexity index is 876. The van der Waals surface area contributed by atoms with Gasteiger partial charge in [-0.1, -0.05) is 18.2 Å². The summed E-state index contributed by atoms with van der Waals surface area (Å²) in [5.41, 5.74) is 1.52. The van der Waals surface area contributed by atoms with Crippen molar-refractivity contribution in [1.29, 1.82) is 0 Å². The molecule has 2 aromatic rings. The summed E-state index contributed by atoms with van der Waals surface area (Å²) in [6, 6.07) is 11.4. The van der Waals surface area contributed by atoms with Crippen LogP contribution < -0.4 is 0 Å². The zero-order chi connectivity index (χ0) is 17.1. The Hall–Kier alpha value is -2.69. The highest BCUT2D eigenvalue weighted by molar-refractivity contribution is 5.95. The van der Waals surface area contributed by atoms with Gasteiger partial charge < -0.3 is 9.64 Å². The molecule has 0 radical (unpaired) electrons. The average molecular weight is 334 g/mol. The molecule has 1 aromatic carbocycles. The lowest BCUT2D eigenvalue weighted by molar-refractivity contribution is -0.134. The Labute approximate surface area is 145 Å². The van der Waals surface area contributed by atoms with Gasteiger partial charge in [-0.2, -0.15) is 0 Å². The number of aromatic nitrogens is 1. The number of pyridine rings is 1. The second-order valence-corrected chi connectivity index (χ2v) is 7.22. The molecule has 5 rings (SSSR count). The maximum Gasteiger partial charge on any atom is 0.339 e. The number of ether oxygens (including phenoxy) is 1. The third-order valence-corrected chi connectivity index (χ3v) is 5.84. The number of amides is 1. The molecule has 126 valence electrons. The van der Waals surface area contributed by atoms with Crippen LogP contribution in [0.1, 0.15) is 40.7 Å². The molecule has 0 unspecified atom stereocenters. The summed E-state index contributed by atoms with van der Waals surface area (Å²) in [6.45, 7) is 1.06. The molecule has 5 nitrogen and oxygen atoms in total. The van der Waals surface area contributed by atoms with E-state index in [2.05, 4.69) is 4.98 Å². The number of carbonyl (C=O) groups is 2. The number of nitrogens with zero attached hydrogens (tertiary/aromatic N) is 2. The van der Waals surface area contributed by atoms with Crippen molar-refractivity contribution in [1.82, 2.24) is 9.88 Å². The Morgan fingerprint density at radius 1 is 1.08 bits per heavy atom. The fourth-order valence-corrected chi connectivity index (χ4v) is 4.33. The molecule has 3 aliphatic rings. The smallest absolute Gasteiger partial charge is 0.339 e. The van der Waals surface area contributed by atoms with Gasteiger partial charge in [0, 0.05) is 30.9 Å². The molecule has 1 saturated carbocycles. The average Bonchev–Trinajstić information content (AvgIpc) is 3.29. The summed E-state index contributed by atoms with van der Waals surface area (Å²) in [6.07, 6.45) is 5.88. The van der Waals surface area contributed by atoms with Gasteiger partial charge in [0.25, 0.3) is 0 Å². The van der Waals surface area contributed by atoms with Crippen LogP contribution in [-0.4, -0.2) is 34.8 Å². The van der Waals surface area contributed by atoms with Crippen LogP contribution in [0.4, 0.5) is 0 Å². The third kappa shape index (κ3) is 1.98. The van der Waals surface area contributed by atoms with Crippen LogP contribution in [-0.2, 0) is 20.5 Å². The Kier molecular flexibility index (Phi) is 2.87. The molecule has 5 heteroatoms. The minimum absolute atomic E-state index is 0.149. The Morgan fingerprint density at radius 2 is 1.84 bits per heavy atom. The van der Waals surface area contributed by atoms with Gasteiger partial charge in [-0.3, -0.25) is 9.78 Å². The molecule has 3 heterocycles. The predicted octanol–water partition coefficient (Wildman–Crippen LogP) is 2.41. The molecule has 0 bridgehead atoms. The van der Waals surface area contributed by atoms with E-state index in [0.29, 0.717) is 25.1 Å². The molecule has 1 aromatic heterocycles. The quantitative estimate of drug-likeness (QED) is 0.792. The molecule has 2 aliphatic heterocycles. The van der Waals surface area contributed by atoms with Gasteiger partial charge in [-0.05, 0) is 36.6 Å². The summed E-state index contributed by atoms with van der Waals surface area (Å²) in [7, 11) is 0. The van der Waals surface area contributed by atoms with Crippen LogP contribution in [0.3, 0.4) is 0 Å². The van der Waals surface area contributed by atoms with Gasteiger partial charge in [0.2, 0.25) is 5.91 Å². The highest BCUT2D eigenvalue weighted by Crippen LogP contribution is 2.51. The molecule has 1 spiro atoms. The highest BCUT2D eigenvalue weighted by Gasteiger charge is 2.57. The van der Waals surface area contributed by atoms with Gasteiger partial charge in [0.15, 0.2) is 5.60 Å². The number of hydrogen-bond acceptors (Lipinski definition) is 4. The van der Waals surface area contributed by atoms with Crippen LogP contribution in [0.15, 0.2) is 48.8 Å². The first-order valence-corrected chi connectivity index (χ1v) is 8.67. The van der Waals surface area contributed by atoms with Crippen LogP contribution in [0.2, 0.25) is 0 Å². The van der Waals surface area contributed by atoms with Crippen LogP contribution in [0.25, 0.3) is 0 Å². The molecule has 1 aliphatic carbocycles. The molecule has 0 N–H and O–H groups in total. The molecule has 1 amide bonds. The lowest BCUT2D eigenvalue weighted by Gasteiger charge is -2.26. The summed E-state index contributed by atoms with van der Waals surface area (Å²) in [5.74, 6) is -0.129. The summed E-state index contributed by atoms with van der Waals surface area (Å²) in [4.78, 5) is 31.4. The third-order valence-electron chi connectivity index (χ3n) is 5.84. The molecule has 2 fully saturated rings. The number of hydrogen-bond donors (Lipinski definition) is 0. The van der Waals surface area contributed by atoms with E-state index < -0.39 is 11.0 Å². The van der Waals surface area contributed by atoms with Crippen molar-refractivity contribution in [2.45, 2.75) is 30.3 Å². The Morgan fingerprint density at radius 3 is 2.60 bits per heavy atom. The minimum atomic E-state index is -0.669. The number of fused-ring (bicyclic) bond motifs is 2. The lowest BCUT2D eigenvalue weighted by Crippen LogP contribution is -2.40. The van der Waals surface area contributed by atoms with E-state index in [1.807, 2.05) is 35.2 Å². The number of rotatable bonds is 2. The molecule has 1 atom stereocenters. The summed E-state index contributed by atoms with van der Waals surface area (Å²) >= 11 is 0. The number of likely N-dealkylation sites (tertiary alicyclic amines) is 1. The first-order valence-electron chi connectivity index (χ1n) is 8.67. The predicted molar refractivity (Wildman–Crippen MR) is 89.9 cm³/mol. The van der Waals surface area contributed by atoms with Crippen LogP contribution in [0.5, 0.6) is 0 Å². The van der Waals surface area contributed by atoms with Crippen molar-refractivity contribution in [3.63, 3.8) is 0 Å². The normalized spacial score (nSPS) is 25.8. The minimum Gasteiger partial charge on any atom is -0.449 e. The van der Waals surface area contributed by atoms with Crippen molar-refractivity contribution in [3.05, 3.63) is 65.5 Å². The number of esters is 1. The fourth-order valence-electron chi connectivity index (χ4n) is 4.33. The fraction of sp³-hybridized carbons (Fsp3) is 0.350. The van der Waals surface area contributed by atoms with Gasteiger partial charge in [0.05, 0.1) is 17.5 Å². The zero-order valence-electron chi connectivity index (χ0n) is 13.8. The maximum atomic E-state index is 13.2. The standard InChI is InChI=1S/C20H18N2O3/c23-17-15-3-1-2-4-16(15)20(25-17)9-12-22(13-20)18(24)19(7-8-19)14-5-10-21-11-6-14/h1-6,10-11H,7-9,12-13H2/t20-/m0/s1. The van der Waals surface area contributed by atoms with E-state index >= 15 is 0 Å². The van der Waals surface area contributed by atoms with E-state index in [9.17, 15) is 9.59 Å². The van der Waals surface area contributed by atoms with Gasteiger partial charge in [-0.25, -0.2) is 4.79 Å². The molecule has 25 heavy (non-hydrogen) atoms. The number of benzene rings is 1. The van der Waals surface area contributed by atoms with Crippen LogP contribution in [0, 0.1) is 0 Å². The van der Waals surface area contributed by atoms with Crippen molar-refractivity contribution < 1.29 is 14.3 Å². The second kappa shape index (κ2) is 4.91. The molecule has 1 saturated heterocycles. The van der Waals surface area contributed by atoms with Crippen molar-refractivity contribution >= 4 is 11.9 Å². The van der Waals surface area contributed by atoms with Crippen molar-refractivity contribution in [3.8, 4) is 0 Å². The molecular weight excluding hydrogens is 316 g/mol. The van der Waals surface area contributed by atoms with E-state index in [4.69, 9.17) is 4.74 Å². The lowest BCUT2D eigenvalue weighted by atomic mass is 9.91. The van der Waals surface area contributed by atoms with Gasteiger partial charge >= 0.3 is 5.97 Å². The van der Waals surface area contributed by atoms with Crippen LogP contribution >= 0.6 is 0 Å². The topological polar surface area (TPSA) is 59.5 Å². The van der Waals surface area contributed by atoms with Crippen molar-refractivity contribution in [2.75, 3.05) is 13.1 Å². The van der Waals surface area contributed by atoms with E-state index in [1.165, 1.54) is 0 Å². The van der Waals surface area contributed by atoms with Gasteiger partial charge in [0.1, 0.15) is 0 Å². The number of carbonyl (C=O) groups excluding carboxylic acids is 2. The summed E-state index contributed by atoms with van der Waals surface area (Å²) < 4.78 is 5.76.